The molecule has 120 valence electrons. The minimum atomic E-state index is -1.09. The summed E-state index contributed by atoms with van der Waals surface area (Å²) in [4.78, 5) is 23.3. The number of carboxylic acids is 1. The van der Waals surface area contributed by atoms with Crippen LogP contribution >= 0.6 is 0 Å². The van der Waals surface area contributed by atoms with Crippen molar-refractivity contribution in [2.24, 2.45) is 5.92 Å². The lowest BCUT2D eigenvalue weighted by molar-refractivity contribution is -0.123. The lowest BCUT2D eigenvalue weighted by Gasteiger charge is -2.22. The first-order valence-corrected chi connectivity index (χ1v) is 7.42. The first-order chi connectivity index (χ1) is 11.1. The number of carbonyl (C=O) groups excluding carboxylic acids is 1. The zero-order chi connectivity index (χ0) is 16.2. The summed E-state index contributed by atoms with van der Waals surface area (Å²) in [7, 11) is 0. The van der Waals surface area contributed by atoms with Crippen LogP contribution in [-0.2, 0) is 9.53 Å². The van der Waals surface area contributed by atoms with Gasteiger partial charge in [-0.25, -0.2) is 9.48 Å². The van der Waals surface area contributed by atoms with E-state index in [0.717, 1.165) is 12.8 Å². The van der Waals surface area contributed by atoms with Crippen LogP contribution in [0.1, 0.15) is 23.3 Å². The molecule has 7 nitrogen and oxygen atoms in total. The van der Waals surface area contributed by atoms with Crippen LogP contribution in [-0.4, -0.2) is 40.0 Å². The molecule has 1 fully saturated rings. The Labute approximate surface area is 132 Å². The van der Waals surface area contributed by atoms with Gasteiger partial charge >= 0.3 is 5.97 Å². The van der Waals surface area contributed by atoms with Gasteiger partial charge in [0.1, 0.15) is 0 Å². The first-order valence-electron chi connectivity index (χ1n) is 7.42. The van der Waals surface area contributed by atoms with Crippen LogP contribution in [0.3, 0.4) is 0 Å². The Morgan fingerprint density at radius 3 is 2.83 bits per heavy atom. The maximum absolute atomic E-state index is 12.3. The largest absolute Gasteiger partial charge is 0.476 e. The highest BCUT2D eigenvalue weighted by atomic mass is 16.5. The van der Waals surface area contributed by atoms with Gasteiger partial charge in [-0.05, 0) is 31.0 Å². The third-order valence-corrected chi connectivity index (χ3v) is 3.75. The van der Waals surface area contributed by atoms with Gasteiger partial charge in [0.25, 0.3) is 0 Å². The van der Waals surface area contributed by atoms with Crippen molar-refractivity contribution in [3.63, 3.8) is 0 Å². The fourth-order valence-corrected chi connectivity index (χ4v) is 2.53. The third-order valence-electron chi connectivity index (χ3n) is 3.75. The van der Waals surface area contributed by atoms with Crippen molar-refractivity contribution < 1.29 is 19.4 Å². The maximum atomic E-state index is 12.3. The zero-order valence-corrected chi connectivity index (χ0v) is 12.4. The predicted octanol–water partition coefficient (Wildman–Crippen LogP) is 1.94. The summed E-state index contributed by atoms with van der Waals surface area (Å²) in [5.41, 5.74) is 1.15. The number of hydrogen-bond acceptors (Lipinski definition) is 4. The number of nitrogens with one attached hydrogen (secondary N) is 1. The van der Waals surface area contributed by atoms with E-state index in [1.165, 1.54) is 10.7 Å². The standard InChI is InChI=1S/C16H17N3O4/c20-15(11-4-3-9-23-10-11)17-12-5-1-2-6-14(12)19-8-7-13(18-19)16(21)22/h1-2,5-8,11H,3-4,9-10H2,(H,17,20)(H,21,22). The monoisotopic (exact) mass is 315 g/mol. The fourth-order valence-electron chi connectivity index (χ4n) is 2.53. The number of carbonyl (C=O) groups is 2. The SMILES string of the molecule is O=C(O)c1ccn(-c2ccccc2NC(=O)C2CCCOC2)n1. The number of aromatic nitrogens is 2. The van der Waals surface area contributed by atoms with Crippen LogP contribution in [0, 0.1) is 5.92 Å². The van der Waals surface area contributed by atoms with Gasteiger partial charge in [0, 0.05) is 12.8 Å². The molecule has 1 aliphatic rings. The number of para-hydroxylation sites is 2. The lowest BCUT2D eigenvalue weighted by Crippen LogP contribution is -2.30. The summed E-state index contributed by atoms with van der Waals surface area (Å²) in [6, 6.07) is 8.55. The van der Waals surface area contributed by atoms with Gasteiger partial charge in [0.05, 0.1) is 23.9 Å². The van der Waals surface area contributed by atoms with Crippen molar-refractivity contribution >= 4 is 17.6 Å². The Balaban J connectivity index is 1.82. The van der Waals surface area contributed by atoms with Crippen molar-refractivity contribution in [1.82, 2.24) is 9.78 Å². The van der Waals surface area contributed by atoms with Gasteiger partial charge < -0.3 is 15.2 Å². The van der Waals surface area contributed by atoms with E-state index in [2.05, 4.69) is 10.4 Å². The summed E-state index contributed by atoms with van der Waals surface area (Å²) >= 11 is 0. The van der Waals surface area contributed by atoms with Gasteiger partial charge in [-0.3, -0.25) is 4.79 Å². The minimum Gasteiger partial charge on any atom is -0.476 e. The Bertz CT molecular complexity index is 720. The summed E-state index contributed by atoms with van der Waals surface area (Å²) in [6.45, 7) is 1.13. The molecule has 2 heterocycles. The van der Waals surface area contributed by atoms with Gasteiger partial charge in [-0.15, -0.1) is 0 Å². The van der Waals surface area contributed by atoms with Gasteiger partial charge in [0.2, 0.25) is 5.91 Å². The normalized spacial score (nSPS) is 17.7. The van der Waals surface area contributed by atoms with Crippen molar-refractivity contribution in [2.45, 2.75) is 12.8 Å². The van der Waals surface area contributed by atoms with E-state index in [4.69, 9.17) is 9.84 Å². The molecule has 0 radical (unpaired) electrons. The smallest absolute Gasteiger partial charge is 0.356 e. The molecule has 7 heteroatoms. The molecule has 1 unspecified atom stereocenters. The van der Waals surface area contributed by atoms with Crippen LogP contribution < -0.4 is 5.32 Å². The summed E-state index contributed by atoms with van der Waals surface area (Å²) in [5, 5.41) is 15.9. The number of rotatable bonds is 4. The number of nitrogens with zero attached hydrogens (tertiary/aromatic N) is 2. The number of benzene rings is 1. The highest BCUT2D eigenvalue weighted by molar-refractivity contribution is 5.94. The molecule has 3 rings (SSSR count). The molecule has 0 spiro atoms. The number of aromatic carboxylic acids is 1. The Kier molecular flexibility index (Phi) is 4.38. The molecule has 0 aliphatic carbocycles. The number of hydrogen-bond donors (Lipinski definition) is 2. The van der Waals surface area contributed by atoms with Gasteiger partial charge in [0.15, 0.2) is 5.69 Å². The molecule has 0 bridgehead atoms. The second kappa shape index (κ2) is 6.62. The average molecular weight is 315 g/mol. The molecule has 0 saturated carbocycles. The maximum Gasteiger partial charge on any atom is 0.356 e. The van der Waals surface area contributed by atoms with Crippen LogP contribution in [0.4, 0.5) is 5.69 Å². The van der Waals surface area contributed by atoms with Crippen molar-refractivity contribution in [2.75, 3.05) is 18.5 Å². The molecule has 2 N–H and O–H groups in total. The molecular formula is C16H17N3O4. The van der Waals surface area contributed by atoms with Crippen molar-refractivity contribution in [1.29, 1.82) is 0 Å². The molecule has 1 atom stereocenters. The Morgan fingerprint density at radius 1 is 1.30 bits per heavy atom. The van der Waals surface area contributed by atoms with E-state index >= 15 is 0 Å². The third kappa shape index (κ3) is 3.40. The minimum absolute atomic E-state index is 0.0492. The number of carboxylic acid groups (broad SMARTS) is 1. The topological polar surface area (TPSA) is 93.5 Å². The molecule has 1 aromatic carbocycles. The summed E-state index contributed by atoms with van der Waals surface area (Å²) < 4.78 is 6.78. The highest BCUT2D eigenvalue weighted by Crippen LogP contribution is 2.22. The predicted molar refractivity (Wildman–Crippen MR) is 82.7 cm³/mol. The van der Waals surface area contributed by atoms with Crippen LogP contribution in [0.2, 0.25) is 0 Å². The van der Waals surface area contributed by atoms with Crippen molar-refractivity contribution in [3.05, 3.63) is 42.2 Å². The van der Waals surface area contributed by atoms with E-state index < -0.39 is 5.97 Å². The summed E-state index contributed by atoms with van der Waals surface area (Å²) in [6.07, 6.45) is 3.23. The first kappa shape index (κ1) is 15.2. The van der Waals surface area contributed by atoms with Crippen LogP contribution in [0.15, 0.2) is 36.5 Å². The zero-order valence-electron chi connectivity index (χ0n) is 12.4. The summed E-state index contributed by atoms with van der Waals surface area (Å²) in [5.74, 6) is -1.35. The van der Waals surface area contributed by atoms with Gasteiger partial charge in [-0.2, -0.15) is 5.10 Å². The Hall–Kier alpha value is -2.67. The molecule has 1 amide bonds. The lowest BCUT2D eigenvalue weighted by atomic mass is 10.0. The highest BCUT2D eigenvalue weighted by Gasteiger charge is 2.22. The van der Waals surface area contributed by atoms with Gasteiger partial charge in [-0.1, -0.05) is 12.1 Å². The quantitative estimate of drug-likeness (QED) is 0.899. The second-order valence-corrected chi connectivity index (χ2v) is 5.37. The molecular weight excluding hydrogens is 298 g/mol. The molecule has 1 aromatic heterocycles. The second-order valence-electron chi connectivity index (χ2n) is 5.37. The van der Waals surface area contributed by atoms with E-state index in [-0.39, 0.29) is 17.5 Å². The fraction of sp³-hybridized carbons (Fsp3) is 0.312. The van der Waals surface area contributed by atoms with E-state index in [0.29, 0.717) is 24.6 Å². The molecule has 23 heavy (non-hydrogen) atoms. The van der Waals surface area contributed by atoms with E-state index in [9.17, 15) is 9.59 Å². The number of ether oxygens (including phenoxy) is 1. The van der Waals surface area contributed by atoms with E-state index in [1.54, 1.807) is 30.5 Å². The molecule has 1 saturated heterocycles. The average Bonchev–Trinajstić information content (AvgIpc) is 3.06. The van der Waals surface area contributed by atoms with Crippen LogP contribution in [0.5, 0.6) is 0 Å². The number of amides is 1. The van der Waals surface area contributed by atoms with E-state index in [1.807, 2.05) is 0 Å². The molecule has 2 aromatic rings. The number of anilines is 1. The molecule has 1 aliphatic heterocycles. The Morgan fingerprint density at radius 2 is 2.13 bits per heavy atom. The van der Waals surface area contributed by atoms with Crippen LogP contribution in [0.25, 0.3) is 5.69 Å². The van der Waals surface area contributed by atoms with Crippen molar-refractivity contribution in [3.8, 4) is 5.69 Å².